The van der Waals surface area contributed by atoms with Gasteiger partial charge in [-0.3, -0.25) is 9.59 Å². The highest BCUT2D eigenvalue weighted by atomic mass is 19.2. The molecular formula is C24H22F3N3O5. The van der Waals surface area contributed by atoms with Gasteiger partial charge >= 0.3 is 12.0 Å². The Kier molecular flexibility index (Phi) is 7.80. The second kappa shape index (κ2) is 10.8. The number of carbonyl (C=O) groups is 2. The predicted octanol–water partition coefficient (Wildman–Crippen LogP) is 3.99. The number of aromatic nitrogens is 1. The van der Waals surface area contributed by atoms with E-state index in [0.29, 0.717) is 6.07 Å². The van der Waals surface area contributed by atoms with Crippen molar-refractivity contribution in [3.05, 3.63) is 82.0 Å². The van der Waals surface area contributed by atoms with E-state index in [1.165, 1.54) is 32.3 Å². The third kappa shape index (κ3) is 5.62. The van der Waals surface area contributed by atoms with E-state index < -0.39 is 64.5 Å². The van der Waals surface area contributed by atoms with Crippen molar-refractivity contribution in [3.8, 4) is 16.9 Å². The van der Waals surface area contributed by atoms with E-state index in [1.54, 1.807) is 18.2 Å². The van der Waals surface area contributed by atoms with E-state index in [1.807, 2.05) is 0 Å². The molecule has 2 aromatic carbocycles. The van der Waals surface area contributed by atoms with Crippen LogP contribution in [0.1, 0.15) is 24.9 Å². The average Bonchev–Trinajstić information content (AvgIpc) is 2.82. The SMILES string of the molecule is CCOC(=O)CC(NC(=O)Nc1c(O)ccn(C)c1=O)c1c(F)c(F)cc(-c2ccccc2)c1F. The second-order valence-electron chi connectivity index (χ2n) is 7.47. The Hall–Kier alpha value is -4.28. The molecule has 1 unspecified atom stereocenters. The summed E-state index contributed by atoms with van der Waals surface area (Å²) in [5, 5.41) is 14.2. The first-order chi connectivity index (χ1) is 16.6. The molecule has 0 radical (unpaired) electrons. The molecule has 11 heteroatoms. The summed E-state index contributed by atoms with van der Waals surface area (Å²) >= 11 is 0. The third-order valence-corrected chi connectivity index (χ3v) is 5.09. The largest absolute Gasteiger partial charge is 0.505 e. The van der Waals surface area contributed by atoms with Crippen molar-refractivity contribution in [1.29, 1.82) is 0 Å². The summed E-state index contributed by atoms with van der Waals surface area (Å²) < 4.78 is 50.8. The average molecular weight is 489 g/mol. The van der Waals surface area contributed by atoms with Gasteiger partial charge in [0.05, 0.1) is 24.6 Å². The van der Waals surface area contributed by atoms with E-state index in [-0.39, 0.29) is 17.7 Å². The number of pyridine rings is 1. The number of rotatable bonds is 7. The van der Waals surface area contributed by atoms with Crippen LogP contribution in [0.15, 0.2) is 53.5 Å². The topological polar surface area (TPSA) is 110 Å². The van der Waals surface area contributed by atoms with E-state index in [4.69, 9.17) is 4.74 Å². The van der Waals surface area contributed by atoms with Gasteiger partial charge < -0.3 is 25.0 Å². The van der Waals surface area contributed by atoms with E-state index in [0.717, 1.165) is 10.6 Å². The molecule has 0 spiro atoms. The zero-order valence-electron chi connectivity index (χ0n) is 18.8. The molecule has 0 bridgehead atoms. The Morgan fingerprint density at radius 1 is 1.11 bits per heavy atom. The standard InChI is InChI=1S/C24H22F3N3O5/c1-3-35-18(32)12-16(28-24(34)29-22-17(31)9-10-30(2)23(22)33)19-20(26)14(11-15(25)21(19)27)13-7-5-4-6-8-13/h4-11,16,31H,3,12H2,1-2H3,(H2,28,29,34). The first-order valence-electron chi connectivity index (χ1n) is 10.5. The van der Waals surface area contributed by atoms with Crippen LogP contribution < -0.4 is 16.2 Å². The fourth-order valence-corrected chi connectivity index (χ4v) is 3.41. The van der Waals surface area contributed by atoms with Crippen LogP contribution in [0.4, 0.5) is 23.7 Å². The van der Waals surface area contributed by atoms with Gasteiger partial charge in [-0.15, -0.1) is 0 Å². The van der Waals surface area contributed by atoms with Crippen molar-refractivity contribution < 1.29 is 32.6 Å². The molecule has 8 nitrogen and oxygen atoms in total. The zero-order chi connectivity index (χ0) is 25.7. The molecule has 0 saturated heterocycles. The van der Waals surface area contributed by atoms with Crippen LogP contribution in [-0.4, -0.2) is 28.3 Å². The quantitative estimate of drug-likeness (QED) is 0.344. The summed E-state index contributed by atoms with van der Waals surface area (Å²) in [5.41, 5.74) is -2.23. The number of nitrogens with one attached hydrogen (secondary N) is 2. The number of halogens is 3. The maximum Gasteiger partial charge on any atom is 0.319 e. The molecular weight excluding hydrogens is 467 g/mol. The van der Waals surface area contributed by atoms with Crippen molar-refractivity contribution in [3.63, 3.8) is 0 Å². The summed E-state index contributed by atoms with van der Waals surface area (Å²) in [6.07, 6.45) is 0.512. The lowest BCUT2D eigenvalue weighted by molar-refractivity contribution is -0.143. The van der Waals surface area contributed by atoms with Crippen LogP contribution in [0.3, 0.4) is 0 Å². The molecule has 3 N–H and O–H groups in total. The fourth-order valence-electron chi connectivity index (χ4n) is 3.41. The molecule has 0 fully saturated rings. The number of ether oxygens (including phenoxy) is 1. The molecule has 3 aromatic rings. The van der Waals surface area contributed by atoms with Crippen molar-refractivity contribution in [2.75, 3.05) is 11.9 Å². The van der Waals surface area contributed by atoms with Gasteiger partial charge in [0, 0.05) is 18.8 Å². The number of aromatic hydroxyl groups is 1. The minimum Gasteiger partial charge on any atom is -0.505 e. The Bertz CT molecular complexity index is 1310. The van der Waals surface area contributed by atoms with Gasteiger partial charge in [-0.25, -0.2) is 18.0 Å². The molecule has 1 heterocycles. The molecule has 0 aliphatic heterocycles. The maximum absolute atomic E-state index is 15.5. The molecule has 1 aromatic heterocycles. The number of benzene rings is 2. The summed E-state index contributed by atoms with van der Waals surface area (Å²) in [6.45, 7) is 1.47. The monoisotopic (exact) mass is 489 g/mol. The highest BCUT2D eigenvalue weighted by Crippen LogP contribution is 2.33. The molecule has 0 aliphatic rings. The van der Waals surface area contributed by atoms with Gasteiger partial charge in [0.15, 0.2) is 17.3 Å². The van der Waals surface area contributed by atoms with Crippen LogP contribution in [-0.2, 0) is 16.6 Å². The smallest absolute Gasteiger partial charge is 0.319 e. The molecule has 2 amide bonds. The van der Waals surface area contributed by atoms with Gasteiger partial charge in [-0.1, -0.05) is 30.3 Å². The van der Waals surface area contributed by atoms with Gasteiger partial charge in [-0.05, 0) is 24.6 Å². The number of esters is 1. The number of urea groups is 1. The summed E-state index contributed by atoms with van der Waals surface area (Å²) in [6, 6.07) is 6.68. The molecule has 0 saturated carbocycles. The number of hydrogen-bond acceptors (Lipinski definition) is 5. The van der Waals surface area contributed by atoms with E-state index >= 15 is 4.39 Å². The lowest BCUT2D eigenvalue weighted by Crippen LogP contribution is -2.37. The summed E-state index contributed by atoms with van der Waals surface area (Å²) in [5.74, 6) is -5.66. The molecule has 1 atom stereocenters. The number of amides is 2. The van der Waals surface area contributed by atoms with Gasteiger partial charge in [0.25, 0.3) is 5.56 Å². The fraction of sp³-hybridized carbons (Fsp3) is 0.208. The van der Waals surface area contributed by atoms with Crippen molar-refractivity contribution in [2.24, 2.45) is 7.05 Å². The molecule has 0 aliphatic carbocycles. The number of hydrogen-bond donors (Lipinski definition) is 3. The highest BCUT2D eigenvalue weighted by Gasteiger charge is 2.30. The minimum absolute atomic E-state index is 0.0466. The first-order valence-corrected chi connectivity index (χ1v) is 10.5. The summed E-state index contributed by atoms with van der Waals surface area (Å²) in [7, 11) is 1.37. The Balaban J connectivity index is 2.04. The Morgan fingerprint density at radius 2 is 1.80 bits per heavy atom. The molecule has 35 heavy (non-hydrogen) atoms. The van der Waals surface area contributed by atoms with Crippen LogP contribution in [0, 0.1) is 17.5 Å². The zero-order valence-corrected chi connectivity index (χ0v) is 18.8. The van der Waals surface area contributed by atoms with Crippen molar-refractivity contribution >= 4 is 17.7 Å². The number of nitrogens with zero attached hydrogens (tertiary/aromatic N) is 1. The number of anilines is 1. The Morgan fingerprint density at radius 3 is 2.46 bits per heavy atom. The lowest BCUT2D eigenvalue weighted by Gasteiger charge is -2.22. The van der Waals surface area contributed by atoms with E-state index in [2.05, 4.69) is 10.6 Å². The third-order valence-electron chi connectivity index (χ3n) is 5.09. The molecule has 184 valence electrons. The number of carbonyl (C=O) groups excluding carboxylic acids is 2. The van der Waals surface area contributed by atoms with Crippen molar-refractivity contribution in [2.45, 2.75) is 19.4 Å². The van der Waals surface area contributed by atoms with Gasteiger partial charge in [0.1, 0.15) is 11.6 Å². The van der Waals surface area contributed by atoms with Gasteiger partial charge in [0.2, 0.25) is 0 Å². The normalized spacial score (nSPS) is 11.6. The van der Waals surface area contributed by atoms with Crippen LogP contribution in [0.2, 0.25) is 0 Å². The predicted molar refractivity (Wildman–Crippen MR) is 121 cm³/mol. The highest BCUT2D eigenvalue weighted by molar-refractivity contribution is 5.91. The minimum atomic E-state index is -1.72. The molecule has 3 rings (SSSR count). The van der Waals surface area contributed by atoms with Crippen LogP contribution in [0.5, 0.6) is 5.75 Å². The van der Waals surface area contributed by atoms with E-state index in [9.17, 15) is 28.3 Å². The van der Waals surface area contributed by atoms with Crippen LogP contribution >= 0.6 is 0 Å². The van der Waals surface area contributed by atoms with Crippen molar-refractivity contribution in [1.82, 2.24) is 9.88 Å². The Labute approximate surface area is 198 Å². The second-order valence-corrected chi connectivity index (χ2v) is 7.47. The summed E-state index contributed by atoms with van der Waals surface area (Å²) in [4.78, 5) is 37.0. The number of aryl methyl sites for hydroxylation is 1. The van der Waals surface area contributed by atoms with Crippen LogP contribution in [0.25, 0.3) is 11.1 Å². The maximum atomic E-state index is 15.5. The lowest BCUT2D eigenvalue weighted by atomic mass is 9.95. The van der Waals surface area contributed by atoms with Gasteiger partial charge in [-0.2, -0.15) is 0 Å². The first kappa shape index (κ1) is 25.3.